The first-order valence-electron chi connectivity index (χ1n) is 9.09. The summed E-state index contributed by atoms with van der Waals surface area (Å²) in [7, 11) is 6.28. The van der Waals surface area contributed by atoms with Crippen LogP contribution >= 0.6 is 0 Å². The van der Waals surface area contributed by atoms with E-state index in [9.17, 15) is 0 Å². The van der Waals surface area contributed by atoms with Crippen molar-refractivity contribution in [3.8, 4) is 45.4 Å². The number of aryl methyl sites for hydroxylation is 1. The molecule has 0 aliphatic rings. The molecule has 0 spiro atoms. The first kappa shape index (κ1) is 19.6. The summed E-state index contributed by atoms with van der Waals surface area (Å²) in [6.45, 7) is 2.17. The first-order valence-corrected chi connectivity index (χ1v) is 9.09. The number of methoxy groups -OCH3 is 4. The van der Waals surface area contributed by atoms with Crippen LogP contribution in [0, 0.1) is 0 Å². The van der Waals surface area contributed by atoms with Gasteiger partial charge < -0.3 is 23.5 Å². The van der Waals surface area contributed by atoms with Crippen LogP contribution in [0.3, 0.4) is 0 Å². The van der Waals surface area contributed by atoms with Crippen LogP contribution in [-0.2, 0) is 6.42 Å². The van der Waals surface area contributed by atoms with Crippen molar-refractivity contribution in [2.45, 2.75) is 19.8 Å². The fourth-order valence-corrected chi connectivity index (χ4v) is 3.28. The lowest BCUT2D eigenvalue weighted by Crippen LogP contribution is -2.00. The van der Waals surface area contributed by atoms with Crippen LogP contribution in [0.5, 0.6) is 23.0 Å². The monoisotopic (exact) mass is 383 g/mol. The first-order chi connectivity index (χ1) is 13.7. The molecule has 0 aliphatic heterocycles. The Labute approximate surface area is 165 Å². The Bertz CT molecular complexity index is 931. The lowest BCUT2D eigenvalue weighted by molar-refractivity contribution is 0.306. The molecule has 0 radical (unpaired) electrons. The molecule has 1 heterocycles. The van der Waals surface area contributed by atoms with E-state index >= 15 is 0 Å². The van der Waals surface area contributed by atoms with E-state index in [2.05, 4.69) is 24.2 Å². The average molecular weight is 383 g/mol. The van der Waals surface area contributed by atoms with E-state index in [-0.39, 0.29) is 0 Å². The van der Waals surface area contributed by atoms with Crippen molar-refractivity contribution in [3.05, 3.63) is 42.1 Å². The highest BCUT2D eigenvalue weighted by molar-refractivity contribution is 5.86. The third-order valence-electron chi connectivity index (χ3n) is 4.60. The average Bonchev–Trinajstić information content (AvgIpc) is 3.22. The lowest BCUT2D eigenvalue weighted by Gasteiger charge is -2.18. The van der Waals surface area contributed by atoms with Crippen molar-refractivity contribution in [1.82, 2.24) is 5.16 Å². The highest BCUT2D eigenvalue weighted by Crippen LogP contribution is 2.51. The largest absolute Gasteiger partial charge is 0.493 e. The maximum atomic E-state index is 5.65. The SMILES string of the molecule is CCCc1ccc(-c2oncc2-c2cc(OC)c(OC)c(OC)c2OC)cc1. The van der Waals surface area contributed by atoms with Gasteiger partial charge >= 0.3 is 0 Å². The number of ether oxygens (including phenoxy) is 4. The van der Waals surface area contributed by atoms with Gasteiger partial charge in [0.1, 0.15) is 0 Å². The normalized spacial score (nSPS) is 10.6. The maximum Gasteiger partial charge on any atom is 0.207 e. The topological polar surface area (TPSA) is 63.0 Å². The number of benzene rings is 2. The molecule has 0 unspecified atom stereocenters. The van der Waals surface area contributed by atoms with Crippen LogP contribution < -0.4 is 18.9 Å². The predicted molar refractivity (Wildman–Crippen MR) is 108 cm³/mol. The van der Waals surface area contributed by atoms with E-state index in [1.165, 1.54) is 5.56 Å². The van der Waals surface area contributed by atoms with Crippen LogP contribution in [0.25, 0.3) is 22.5 Å². The number of hydrogen-bond acceptors (Lipinski definition) is 6. The molecule has 6 nitrogen and oxygen atoms in total. The summed E-state index contributed by atoms with van der Waals surface area (Å²) in [4.78, 5) is 0. The summed E-state index contributed by atoms with van der Waals surface area (Å²) in [6, 6.07) is 10.1. The van der Waals surface area contributed by atoms with Crippen molar-refractivity contribution in [2.75, 3.05) is 28.4 Å². The zero-order valence-corrected chi connectivity index (χ0v) is 16.9. The summed E-state index contributed by atoms with van der Waals surface area (Å²) in [5.41, 5.74) is 3.74. The fraction of sp³-hybridized carbons (Fsp3) is 0.318. The van der Waals surface area contributed by atoms with Crippen molar-refractivity contribution in [3.63, 3.8) is 0 Å². The summed E-state index contributed by atoms with van der Waals surface area (Å²) < 4.78 is 27.7. The molecule has 148 valence electrons. The summed E-state index contributed by atoms with van der Waals surface area (Å²) in [6.07, 6.45) is 3.82. The number of nitrogens with zero attached hydrogens (tertiary/aromatic N) is 1. The summed E-state index contributed by atoms with van der Waals surface area (Å²) in [5.74, 6) is 2.61. The van der Waals surface area contributed by atoms with Crippen LogP contribution in [-0.4, -0.2) is 33.6 Å². The molecule has 0 amide bonds. The molecule has 2 aromatic carbocycles. The summed E-state index contributed by atoms with van der Waals surface area (Å²) in [5, 5.41) is 4.02. The molecule has 0 atom stereocenters. The van der Waals surface area contributed by atoms with Gasteiger partial charge in [0.15, 0.2) is 17.3 Å². The van der Waals surface area contributed by atoms with E-state index in [0.29, 0.717) is 28.8 Å². The van der Waals surface area contributed by atoms with E-state index in [1.807, 2.05) is 18.2 Å². The molecular weight excluding hydrogens is 358 g/mol. The van der Waals surface area contributed by atoms with Gasteiger partial charge in [-0.15, -0.1) is 0 Å². The minimum atomic E-state index is 0.449. The Morgan fingerprint density at radius 3 is 2.07 bits per heavy atom. The molecule has 0 aliphatic carbocycles. The van der Waals surface area contributed by atoms with Gasteiger partial charge in [-0.2, -0.15) is 0 Å². The van der Waals surface area contributed by atoms with Crippen molar-refractivity contribution in [2.24, 2.45) is 0 Å². The Hall–Kier alpha value is -3.15. The van der Waals surface area contributed by atoms with E-state index < -0.39 is 0 Å². The third-order valence-corrected chi connectivity index (χ3v) is 4.60. The van der Waals surface area contributed by atoms with Crippen molar-refractivity contribution in [1.29, 1.82) is 0 Å². The molecule has 0 saturated carbocycles. The Morgan fingerprint density at radius 2 is 1.50 bits per heavy atom. The molecule has 0 saturated heterocycles. The molecule has 0 fully saturated rings. The second-order valence-electron chi connectivity index (χ2n) is 6.24. The Kier molecular flexibility index (Phi) is 6.09. The molecule has 0 bridgehead atoms. The fourth-order valence-electron chi connectivity index (χ4n) is 3.28. The van der Waals surface area contributed by atoms with Gasteiger partial charge in [0.05, 0.1) is 40.2 Å². The molecule has 0 N–H and O–H groups in total. The minimum Gasteiger partial charge on any atom is -0.493 e. The van der Waals surface area contributed by atoms with Crippen LogP contribution in [0.15, 0.2) is 41.1 Å². The van der Waals surface area contributed by atoms with Gasteiger partial charge in [0, 0.05) is 11.1 Å². The Morgan fingerprint density at radius 1 is 0.821 bits per heavy atom. The van der Waals surface area contributed by atoms with Gasteiger partial charge in [-0.25, -0.2) is 0 Å². The smallest absolute Gasteiger partial charge is 0.207 e. The lowest BCUT2D eigenvalue weighted by atomic mass is 9.99. The minimum absolute atomic E-state index is 0.449. The van der Waals surface area contributed by atoms with Gasteiger partial charge in [-0.3, -0.25) is 0 Å². The van der Waals surface area contributed by atoms with Crippen molar-refractivity contribution >= 4 is 0 Å². The van der Waals surface area contributed by atoms with Crippen LogP contribution in [0.2, 0.25) is 0 Å². The highest BCUT2D eigenvalue weighted by Gasteiger charge is 2.25. The van der Waals surface area contributed by atoms with Gasteiger partial charge in [0.25, 0.3) is 0 Å². The van der Waals surface area contributed by atoms with Crippen LogP contribution in [0.4, 0.5) is 0 Å². The van der Waals surface area contributed by atoms with Gasteiger partial charge in [0.2, 0.25) is 11.5 Å². The molecular formula is C22H25NO5. The molecule has 28 heavy (non-hydrogen) atoms. The number of aromatic nitrogens is 1. The maximum absolute atomic E-state index is 5.65. The molecule has 1 aromatic heterocycles. The molecule has 3 rings (SSSR count). The second-order valence-corrected chi connectivity index (χ2v) is 6.24. The quantitative estimate of drug-likeness (QED) is 0.546. The summed E-state index contributed by atoms with van der Waals surface area (Å²) >= 11 is 0. The highest BCUT2D eigenvalue weighted by atomic mass is 16.5. The predicted octanol–water partition coefficient (Wildman–Crippen LogP) is 5.00. The number of rotatable bonds is 8. The van der Waals surface area contributed by atoms with E-state index in [4.69, 9.17) is 23.5 Å². The zero-order valence-electron chi connectivity index (χ0n) is 16.9. The molecule has 3 aromatic rings. The standard InChI is InChI=1S/C22H25NO5/c1-6-7-14-8-10-15(11-9-14)19-17(13-23-28-19)16-12-18(24-2)21(26-4)22(27-5)20(16)25-3/h8-13H,6-7H2,1-5H3. The van der Waals surface area contributed by atoms with E-state index in [0.717, 1.165) is 29.5 Å². The Balaban J connectivity index is 2.16. The molecule has 6 heteroatoms. The van der Waals surface area contributed by atoms with E-state index in [1.54, 1.807) is 34.6 Å². The van der Waals surface area contributed by atoms with Crippen molar-refractivity contribution < 1.29 is 23.5 Å². The zero-order chi connectivity index (χ0) is 20.1. The number of hydrogen-bond donors (Lipinski definition) is 0. The third kappa shape index (κ3) is 3.50. The van der Waals surface area contributed by atoms with Crippen LogP contribution in [0.1, 0.15) is 18.9 Å². The van der Waals surface area contributed by atoms with Gasteiger partial charge in [-0.05, 0) is 18.1 Å². The van der Waals surface area contributed by atoms with Gasteiger partial charge in [-0.1, -0.05) is 42.8 Å². The second kappa shape index (κ2) is 8.69.